The number of likely N-dealkylation sites (N-methyl/N-ethyl adjacent to an activating group) is 1. The Balaban J connectivity index is 1.40. The number of ketones is 1. The van der Waals surface area contributed by atoms with Crippen LogP contribution in [-0.2, 0) is 5.41 Å². The van der Waals surface area contributed by atoms with Crippen LogP contribution >= 0.6 is 0 Å². The molecule has 5 heteroatoms. The molecule has 2 heterocycles. The fraction of sp³-hybridized carbons (Fsp3) is 0.400. The number of carbonyl (C=O) groups excluding carboxylic acids is 1. The molecular formula is C25H28N2O3. The van der Waals surface area contributed by atoms with Gasteiger partial charge in [-0.15, -0.1) is 0 Å². The predicted octanol–water partition coefficient (Wildman–Crippen LogP) is 3.93. The molecule has 0 amide bonds. The van der Waals surface area contributed by atoms with Gasteiger partial charge in [0.1, 0.15) is 23.7 Å². The van der Waals surface area contributed by atoms with Gasteiger partial charge >= 0.3 is 0 Å². The highest BCUT2D eigenvalue weighted by Gasteiger charge is 2.41. The van der Waals surface area contributed by atoms with E-state index < -0.39 is 5.41 Å². The van der Waals surface area contributed by atoms with Crippen molar-refractivity contribution in [2.75, 3.05) is 46.4 Å². The molecule has 5 rings (SSSR count). The Bertz CT molecular complexity index is 1110. The zero-order chi connectivity index (χ0) is 20.9. The third-order valence-corrected chi connectivity index (χ3v) is 6.57. The highest BCUT2D eigenvalue weighted by atomic mass is 16.5. The summed E-state index contributed by atoms with van der Waals surface area (Å²) in [4.78, 5) is 18.1. The Hall–Kier alpha value is -2.63. The van der Waals surface area contributed by atoms with Crippen molar-refractivity contribution in [1.29, 1.82) is 0 Å². The Morgan fingerprint density at radius 1 is 1.07 bits per heavy atom. The van der Waals surface area contributed by atoms with Crippen LogP contribution in [0.2, 0.25) is 0 Å². The molecule has 3 aromatic rings. The number of ether oxygens (including phenoxy) is 1. The van der Waals surface area contributed by atoms with Gasteiger partial charge in [0.25, 0.3) is 0 Å². The Kier molecular flexibility index (Phi) is 4.68. The van der Waals surface area contributed by atoms with Gasteiger partial charge in [-0.2, -0.15) is 0 Å². The molecule has 0 unspecified atom stereocenters. The molecule has 0 bridgehead atoms. The number of nitrogens with zero attached hydrogens (tertiary/aromatic N) is 2. The Morgan fingerprint density at radius 3 is 2.63 bits per heavy atom. The highest BCUT2D eigenvalue weighted by Crippen LogP contribution is 2.46. The average Bonchev–Trinajstić information content (AvgIpc) is 3.15. The van der Waals surface area contributed by atoms with Crippen LogP contribution in [0.15, 0.2) is 46.9 Å². The van der Waals surface area contributed by atoms with Crippen LogP contribution in [0.1, 0.15) is 41.1 Å². The molecule has 0 radical (unpaired) electrons. The molecule has 30 heavy (non-hydrogen) atoms. The maximum atomic E-state index is 13.3. The molecule has 0 saturated carbocycles. The number of hydrogen-bond donors (Lipinski definition) is 0. The second kappa shape index (κ2) is 7.25. The van der Waals surface area contributed by atoms with Gasteiger partial charge in [-0.3, -0.25) is 9.69 Å². The van der Waals surface area contributed by atoms with Crippen LogP contribution in [0.4, 0.5) is 0 Å². The van der Waals surface area contributed by atoms with Crippen molar-refractivity contribution in [3.63, 3.8) is 0 Å². The Labute approximate surface area is 177 Å². The van der Waals surface area contributed by atoms with Gasteiger partial charge in [-0.25, -0.2) is 0 Å². The van der Waals surface area contributed by atoms with E-state index in [2.05, 4.69) is 30.7 Å². The number of hydrogen-bond acceptors (Lipinski definition) is 5. The summed E-state index contributed by atoms with van der Waals surface area (Å²) >= 11 is 0. The van der Waals surface area contributed by atoms with E-state index >= 15 is 0 Å². The third-order valence-electron chi connectivity index (χ3n) is 6.57. The summed E-state index contributed by atoms with van der Waals surface area (Å²) < 4.78 is 12.2. The molecular weight excluding hydrogens is 376 g/mol. The van der Waals surface area contributed by atoms with Crippen molar-refractivity contribution in [3.05, 3.63) is 64.9 Å². The average molecular weight is 405 g/mol. The zero-order valence-electron chi connectivity index (χ0n) is 17.9. The first-order valence-electron chi connectivity index (χ1n) is 10.7. The van der Waals surface area contributed by atoms with Crippen molar-refractivity contribution < 1.29 is 13.9 Å². The summed E-state index contributed by atoms with van der Waals surface area (Å²) in [6.07, 6.45) is 0. The lowest BCUT2D eigenvalue weighted by atomic mass is 9.72. The molecule has 0 spiro atoms. The quantitative estimate of drug-likeness (QED) is 0.659. The second-order valence-electron chi connectivity index (χ2n) is 8.96. The molecule has 1 aliphatic carbocycles. The van der Waals surface area contributed by atoms with Crippen LogP contribution in [0, 0.1) is 0 Å². The van der Waals surface area contributed by atoms with Crippen molar-refractivity contribution in [2.24, 2.45) is 0 Å². The topological polar surface area (TPSA) is 45.9 Å². The first kappa shape index (κ1) is 19.3. The summed E-state index contributed by atoms with van der Waals surface area (Å²) in [5.41, 5.74) is 2.77. The smallest absolute Gasteiger partial charge is 0.197 e. The van der Waals surface area contributed by atoms with Gasteiger partial charge in [0.15, 0.2) is 5.78 Å². The highest BCUT2D eigenvalue weighted by molar-refractivity contribution is 6.19. The van der Waals surface area contributed by atoms with Gasteiger partial charge in [-0.1, -0.05) is 18.2 Å². The molecule has 1 fully saturated rings. The van der Waals surface area contributed by atoms with Crippen molar-refractivity contribution in [3.8, 4) is 5.75 Å². The third kappa shape index (κ3) is 3.13. The maximum absolute atomic E-state index is 13.3. The lowest BCUT2D eigenvalue weighted by Crippen LogP contribution is -2.45. The predicted molar refractivity (Wildman–Crippen MR) is 118 cm³/mol. The van der Waals surface area contributed by atoms with Crippen LogP contribution in [0.25, 0.3) is 11.0 Å². The summed E-state index contributed by atoms with van der Waals surface area (Å²) in [7, 11) is 2.16. The number of piperazine rings is 1. The van der Waals surface area contributed by atoms with E-state index in [1.807, 2.05) is 42.5 Å². The van der Waals surface area contributed by atoms with E-state index in [9.17, 15) is 4.79 Å². The van der Waals surface area contributed by atoms with Gasteiger partial charge in [0, 0.05) is 49.1 Å². The summed E-state index contributed by atoms with van der Waals surface area (Å²) in [5, 5.41) is 0.892. The summed E-state index contributed by atoms with van der Waals surface area (Å²) in [6, 6.07) is 13.6. The van der Waals surface area contributed by atoms with Crippen LogP contribution in [-0.4, -0.2) is 62.0 Å². The number of carbonyl (C=O) groups is 1. The van der Waals surface area contributed by atoms with E-state index in [1.165, 1.54) is 0 Å². The van der Waals surface area contributed by atoms with E-state index in [0.717, 1.165) is 66.3 Å². The Morgan fingerprint density at radius 2 is 1.83 bits per heavy atom. The first-order valence-corrected chi connectivity index (χ1v) is 10.7. The summed E-state index contributed by atoms with van der Waals surface area (Å²) in [6.45, 7) is 10.2. The van der Waals surface area contributed by atoms with Crippen molar-refractivity contribution >= 4 is 16.8 Å². The van der Waals surface area contributed by atoms with E-state index in [1.54, 1.807) is 0 Å². The second-order valence-corrected chi connectivity index (χ2v) is 8.96. The van der Waals surface area contributed by atoms with Gasteiger partial charge in [0.2, 0.25) is 0 Å². The minimum Gasteiger partial charge on any atom is -0.492 e. The molecule has 0 atom stereocenters. The van der Waals surface area contributed by atoms with Gasteiger partial charge in [-0.05, 0) is 50.7 Å². The molecule has 0 N–H and O–H groups in total. The minimum atomic E-state index is -0.408. The van der Waals surface area contributed by atoms with Gasteiger partial charge < -0.3 is 14.1 Å². The maximum Gasteiger partial charge on any atom is 0.197 e. The number of furan rings is 1. The monoisotopic (exact) mass is 404 g/mol. The molecule has 1 aromatic heterocycles. The van der Waals surface area contributed by atoms with E-state index in [4.69, 9.17) is 9.15 Å². The lowest BCUT2D eigenvalue weighted by molar-refractivity contribution is 0.102. The van der Waals surface area contributed by atoms with Crippen molar-refractivity contribution in [1.82, 2.24) is 9.80 Å². The van der Waals surface area contributed by atoms with Crippen LogP contribution in [0.5, 0.6) is 5.75 Å². The molecule has 2 aliphatic rings. The normalized spacial score (nSPS) is 19.0. The first-order chi connectivity index (χ1) is 14.4. The number of rotatable bonds is 4. The summed E-state index contributed by atoms with van der Waals surface area (Å²) in [5.74, 6) is 1.59. The standard InChI is InChI=1S/C25H28N2O3/c1-25(2)20-16-17(29-15-14-27-12-10-26(3)11-13-27)8-9-18(20)23(28)22-19-6-4-5-7-21(19)30-24(22)25/h4-9,16H,10-15H2,1-3H3. The van der Waals surface area contributed by atoms with Crippen molar-refractivity contribution in [2.45, 2.75) is 19.3 Å². The largest absolute Gasteiger partial charge is 0.492 e. The van der Waals surface area contributed by atoms with Crippen LogP contribution < -0.4 is 4.74 Å². The lowest BCUT2D eigenvalue weighted by Gasteiger charge is -2.32. The molecule has 1 aliphatic heterocycles. The minimum absolute atomic E-state index is 0.0354. The SMILES string of the molecule is CN1CCN(CCOc2ccc3c(c2)C(C)(C)c2oc4ccccc4c2C3=O)CC1. The molecule has 1 saturated heterocycles. The molecule has 5 nitrogen and oxygen atoms in total. The fourth-order valence-electron chi connectivity index (χ4n) is 4.66. The number of benzene rings is 2. The van der Waals surface area contributed by atoms with E-state index in [0.29, 0.717) is 12.2 Å². The zero-order valence-corrected chi connectivity index (χ0v) is 17.9. The van der Waals surface area contributed by atoms with E-state index in [-0.39, 0.29) is 5.78 Å². The fourth-order valence-corrected chi connectivity index (χ4v) is 4.66. The van der Waals surface area contributed by atoms with Crippen LogP contribution in [0.3, 0.4) is 0 Å². The number of para-hydroxylation sites is 1. The molecule has 2 aromatic carbocycles. The molecule has 156 valence electrons. The van der Waals surface area contributed by atoms with Gasteiger partial charge in [0.05, 0.1) is 5.56 Å². The number of fused-ring (bicyclic) bond motifs is 4.